The Kier molecular flexibility index (Phi) is 2.11. The minimum atomic E-state index is 0.658. The second-order valence-electron chi connectivity index (χ2n) is 3.65. The Morgan fingerprint density at radius 3 is 2.69 bits per heavy atom. The molecule has 3 rings (SSSR count). The van der Waals surface area contributed by atoms with Crippen molar-refractivity contribution >= 4 is 10.8 Å². The lowest BCUT2D eigenvalue weighted by atomic mass is 10.1. The molecule has 0 spiro atoms. The Morgan fingerprint density at radius 2 is 1.88 bits per heavy atom. The second kappa shape index (κ2) is 3.73. The summed E-state index contributed by atoms with van der Waals surface area (Å²) in [7, 11) is 0. The zero-order chi connectivity index (χ0) is 10.8. The lowest BCUT2D eigenvalue weighted by molar-refractivity contribution is 0.572. The van der Waals surface area contributed by atoms with Crippen molar-refractivity contribution in [1.29, 1.82) is 0 Å². The number of benzene rings is 2. The van der Waals surface area contributed by atoms with Crippen LogP contribution < -0.4 is 0 Å². The molecule has 0 radical (unpaired) electrons. The van der Waals surface area contributed by atoms with Gasteiger partial charge in [-0.1, -0.05) is 36.4 Å². The van der Waals surface area contributed by atoms with Crippen molar-refractivity contribution < 1.29 is 0 Å². The van der Waals surface area contributed by atoms with Gasteiger partial charge in [-0.3, -0.25) is 0 Å². The number of fused-ring (bicyclic) bond motifs is 1. The van der Waals surface area contributed by atoms with Crippen LogP contribution in [-0.4, -0.2) is 20.2 Å². The summed E-state index contributed by atoms with van der Waals surface area (Å²) in [4.78, 5) is 1.57. The quantitative estimate of drug-likeness (QED) is 0.648. The molecule has 0 bridgehead atoms. The van der Waals surface area contributed by atoms with Gasteiger partial charge in [0.25, 0.3) is 0 Å². The molecule has 4 nitrogen and oxygen atoms in total. The van der Waals surface area contributed by atoms with E-state index in [0.29, 0.717) is 6.54 Å². The van der Waals surface area contributed by atoms with Gasteiger partial charge in [0.1, 0.15) is 0 Å². The summed E-state index contributed by atoms with van der Waals surface area (Å²) < 4.78 is 0. The molecule has 0 unspecified atom stereocenters. The first-order valence-corrected chi connectivity index (χ1v) is 5.10. The molecule has 0 N–H and O–H groups in total. The first kappa shape index (κ1) is 9.03. The molecular weight excluding hydrogens is 200 g/mol. The molecule has 78 valence electrons. The average molecular weight is 210 g/mol. The standard InChI is InChI=1S/C12H10N4/c1-2-4-12-7-10(5-6-11(12)3-1)8-16-14-9-13-15-16/h1-7,9H,8H2. The monoisotopic (exact) mass is 210 g/mol. The number of nitrogens with zero attached hydrogens (tertiary/aromatic N) is 4. The van der Waals surface area contributed by atoms with Gasteiger partial charge in [0, 0.05) is 0 Å². The summed E-state index contributed by atoms with van der Waals surface area (Å²) in [5.41, 5.74) is 1.18. The summed E-state index contributed by atoms with van der Waals surface area (Å²) in [6, 6.07) is 14.6. The van der Waals surface area contributed by atoms with Crippen molar-refractivity contribution in [2.24, 2.45) is 0 Å². The van der Waals surface area contributed by atoms with E-state index in [1.165, 1.54) is 22.7 Å². The van der Waals surface area contributed by atoms with Gasteiger partial charge in [-0.15, -0.1) is 10.2 Å². The van der Waals surface area contributed by atoms with Crippen LogP contribution in [0.4, 0.5) is 0 Å². The highest BCUT2D eigenvalue weighted by Crippen LogP contribution is 2.15. The molecule has 0 atom stereocenters. The fraction of sp³-hybridized carbons (Fsp3) is 0.0833. The predicted octanol–water partition coefficient (Wildman–Crippen LogP) is 1.87. The fourth-order valence-corrected chi connectivity index (χ4v) is 1.76. The van der Waals surface area contributed by atoms with E-state index in [-0.39, 0.29) is 0 Å². The van der Waals surface area contributed by atoms with E-state index in [1.807, 2.05) is 12.1 Å². The maximum Gasteiger partial charge on any atom is 0.162 e. The third-order valence-electron chi connectivity index (χ3n) is 2.53. The summed E-state index contributed by atoms with van der Waals surface area (Å²) >= 11 is 0. The number of rotatable bonds is 2. The van der Waals surface area contributed by atoms with Crippen LogP contribution in [0, 0.1) is 0 Å². The van der Waals surface area contributed by atoms with Gasteiger partial charge in [0.05, 0.1) is 6.54 Å². The highest BCUT2D eigenvalue weighted by Gasteiger charge is 1.98. The topological polar surface area (TPSA) is 43.6 Å². The van der Waals surface area contributed by atoms with Crippen molar-refractivity contribution in [2.45, 2.75) is 6.54 Å². The lowest BCUT2D eigenvalue weighted by Gasteiger charge is -2.02. The predicted molar refractivity (Wildman–Crippen MR) is 60.9 cm³/mol. The zero-order valence-corrected chi connectivity index (χ0v) is 8.61. The van der Waals surface area contributed by atoms with Gasteiger partial charge in [-0.05, 0) is 27.6 Å². The van der Waals surface area contributed by atoms with Crippen LogP contribution in [0.3, 0.4) is 0 Å². The van der Waals surface area contributed by atoms with Crippen molar-refractivity contribution in [3.05, 3.63) is 54.4 Å². The minimum Gasteiger partial charge on any atom is -0.160 e. The van der Waals surface area contributed by atoms with Gasteiger partial charge in [-0.2, -0.15) is 4.80 Å². The number of hydrogen-bond donors (Lipinski definition) is 0. The first-order valence-electron chi connectivity index (χ1n) is 5.10. The van der Waals surface area contributed by atoms with Crippen LogP contribution in [0.15, 0.2) is 48.8 Å². The first-order chi connectivity index (χ1) is 7.92. The maximum atomic E-state index is 3.99. The van der Waals surface area contributed by atoms with Crippen LogP contribution in [0.25, 0.3) is 10.8 Å². The Morgan fingerprint density at radius 1 is 1.00 bits per heavy atom. The average Bonchev–Trinajstić information content (AvgIpc) is 2.82. The maximum absolute atomic E-state index is 3.99. The minimum absolute atomic E-state index is 0.658. The molecule has 0 saturated carbocycles. The Bertz CT molecular complexity index is 601. The highest BCUT2D eigenvalue weighted by atomic mass is 15.6. The van der Waals surface area contributed by atoms with Crippen molar-refractivity contribution in [3.63, 3.8) is 0 Å². The van der Waals surface area contributed by atoms with Crippen LogP contribution >= 0.6 is 0 Å². The van der Waals surface area contributed by atoms with Crippen LogP contribution in [0.5, 0.6) is 0 Å². The Labute approximate surface area is 92.5 Å². The van der Waals surface area contributed by atoms with E-state index >= 15 is 0 Å². The molecule has 0 amide bonds. The number of hydrogen-bond acceptors (Lipinski definition) is 3. The SMILES string of the molecule is c1ccc2cc(Cn3ncnn3)ccc2c1. The molecule has 1 aromatic heterocycles. The van der Waals surface area contributed by atoms with Crippen LogP contribution in [0.1, 0.15) is 5.56 Å². The smallest absolute Gasteiger partial charge is 0.160 e. The normalized spacial score (nSPS) is 10.8. The summed E-state index contributed by atoms with van der Waals surface area (Å²) in [6.45, 7) is 0.658. The van der Waals surface area contributed by atoms with E-state index in [4.69, 9.17) is 0 Å². The zero-order valence-electron chi connectivity index (χ0n) is 8.61. The summed E-state index contributed by atoms with van der Waals surface area (Å²) in [5.74, 6) is 0. The Hall–Kier alpha value is -2.23. The second-order valence-corrected chi connectivity index (χ2v) is 3.65. The molecule has 16 heavy (non-hydrogen) atoms. The summed E-state index contributed by atoms with van der Waals surface area (Å²) in [6.07, 6.45) is 1.45. The summed E-state index contributed by atoms with van der Waals surface area (Å²) in [5, 5.41) is 14.0. The number of tetrazole rings is 1. The molecule has 4 heteroatoms. The van der Waals surface area contributed by atoms with Crippen molar-refractivity contribution in [2.75, 3.05) is 0 Å². The van der Waals surface area contributed by atoms with Gasteiger partial charge in [-0.25, -0.2) is 0 Å². The lowest BCUT2D eigenvalue weighted by Crippen LogP contribution is -2.03. The largest absolute Gasteiger partial charge is 0.162 e. The van der Waals surface area contributed by atoms with Gasteiger partial charge >= 0.3 is 0 Å². The fourth-order valence-electron chi connectivity index (χ4n) is 1.76. The molecule has 2 aromatic carbocycles. The van der Waals surface area contributed by atoms with E-state index in [2.05, 4.69) is 45.7 Å². The van der Waals surface area contributed by atoms with Gasteiger partial charge < -0.3 is 0 Å². The van der Waals surface area contributed by atoms with E-state index in [0.717, 1.165) is 0 Å². The van der Waals surface area contributed by atoms with Crippen molar-refractivity contribution in [1.82, 2.24) is 20.2 Å². The molecule has 0 fully saturated rings. The molecule has 0 aliphatic carbocycles. The van der Waals surface area contributed by atoms with Crippen LogP contribution in [0.2, 0.25) is 0 Å². The molecule has 0 aliphatic rings. The van der Waals surface area contributed by atoms with Crippen molar-refractivity contribution in [3.8, 4) is 0 Å². The van der Waals surface area contributed by atoms with E-state index in [9.17, 15) is 0 Å². The molecule has 0 aliphatic heterocycles. The van der Waals surface area contributed by atoms with Crippen LogP contribution in [-0.2, 0) is 6.54 Å². The third-order valence-corrected chi connectivity index (χ3v) is 2.53. The van der Waals surface area contributed by atoms with E-state index in [1.54, 1.807) is 4.80 Å². The van der Waals surface area contributed by atoms with E-state index < -0.39 is 0 Å². The number of aromatic nitrogens is 4. The molecule has 1 heterocycles. The third kappa shape index (κ3) is 1.65. The molecular formula is C12H10N4. The van der Waals surface area contributed by atoms with Gasteiger partial charge in [0.15, 0.2) is 6.33 Å². The van der Waals surface area contributed by atoms with Gasteiger partial charge in [0.2, 0.25) is 0 Å². The highest BCUT2D eigenvalue weighted by molar-refractivity contribution is 5.82. The molecule has 3 aromatic rings. The Balaban J connectivity index is 1.99. The molecule has 0 saturated heterocycles.